The lowest BCUT2D eigenvalue weighted by Gasteiger charge is -1.88. The third kappa shape index (κ3) is 1.27. The Bertz CT molecular complexity index is 351. The first-order valence-electron chi connectivity index (χ1n) is 3.50. The van der Waals surface area contributed by atoms with Gasteiger partial charge in [0.2, 0.25) is 0 Å². The highest BCUT2D eigenvalue weighted by atomic mass is 15.0. The average Bonchev–Trinajstić information content (AvgIpc) is 2.21. The fourth-order valence-electron chi connectivity index (χ4n) is 0.846. The van der Waals surface area contributed by atoms with Gasteiger partial charge in [0, 0.05) is 18.5 Å². The number of allylic oxidation sites excluding steroid dienone is 1. The van der Waals surface area contributed by atoms with Crippen LogP contribution >= 0.6 is 0 Å². The maximum absolute atomic E-state index is 4.06. The first-order chi connectivity index (χ1) is 5.97. The molecule has 57 valence electrons. The standard InChI is InChI=1S/C8H6N4/c1-2-11-8(12-3-1)7-6-9-4-5-10-7/h1-6H/q+1. The quantitative estimate of drug-likeness (QED) is 0.584. The minimum atomic E-state index is 0.602. The number of nitrogens with zero attached hydrogens (tertiary/aromatic N) is 4. The molecule has 1 radical (unpaired) electrons. The highest BCUT2D eigenvalue weighted by Gasteiger charge is 2.14. The van der Waals surface area contributed by atoms with E-state index in [4.69, 9.17) is 0 Å². The maximum atomic E-state index is 4.06. The Balaban J connectivity index is 2.38. The molecule has 1 aromatic heterocycles. The third-order valence-electron chi connectivity index (χ3n) is 1.36. The van der Waals surface area contributed by atoms with Gasteiger partial charge in [0.05, 0.1) is 6.20 Å². The number of rotatable bonds is 1. The Kier molecular flexibility index (Phi) is 1.74. The SMILES string of the molecule is C1=CN=C(c2cnccn2)[N+]=C1. The molecule has 2 heterocycles. The van der Waals surface area contributed by atoms with Crippen LogP contribution in [0.3, 0.4) is 0 Å². The summed E-state index contributed by atoms with van der Waals surface area (Å²) in [6, 6.07) is 0. The molecular weight excluding hydrogens is 152 g/mol. The Morgan fingerprint density at radius 1 is 1.25 bits per heavy atom. The minimum Gasteiger partial charge on any atom is -0.261 e. The molecule has 0 unspecified atom stereocenters. The zero-order valence-electron chi connectivity index (χ0n) is 6.25. The van der Waals surface area contributed by atoms with Gasteiger partial charge in [0.1, 0.15) is 12.4 Å². The van der Waals surface area contributed by atoms with Gasteiger partial charge in [0.25, 0.3) is 0 Å². The molecule has 2 rings (SSSR count). The second kappa shape index (κ2) is 3.04. The van der Waals surface area contributed by atoms with Crippen molar-refractivity contribution in [2.45, 2.75) is 0 Å². The van der Waals surface area contributed by atoms with Crippen LogP contribution in [-0.2, 0) is 0 Å². The van der Waals surface area contributed by atoms with Crippen LogP contribution in [0.1, 0.15) is 5.69 Å². The summed E-state index contributed by atoms with van der Waals surface area (Å²) in [5.41, 5.74) is 0.693. The predicted octanol–water partition coefficient (Wildman–Crippen LogP) is 0.157. The van der Waals surface area contributed by atoms with Gasteiger partial charge in [0.15, 0.2) is 5.69 Å². The molecule has 0 bridgehead atoms. The molecule has 0 atom stereocenters. The topological polar surface area (TPSA) is 52.2 Å². The van der Waals surface area contributed by atoms with E-state index < -0.39 is 0 Å². The van der Waals surface area contributed by atoms with E-state index in [1.54, 1.807) is 37.1 Å². The third-order valence-corrected chi connectivity index (χ3v) is 1.36. The molecule has 0 saturated heterocycles. The molecular formula is C8H6N4+. The highest BCUT2D eigenvalue weighted by Crippen LogP contribution is 1.93. The van der Waals surface area contributed by atoms with Crippen LogP contribution in [-0.4, -0.2) is 22.0 Å². The summed E-state index contributed by atoms with van der Waals surface area (Å²) in [6.45, 7) is 0. The summed E-state index contributed by atoms with van der Waals surface area (Å²) in [5, 5.41) is 0. The van der Waals surface area contributed by atoms with E-state index in [9.17, 15) is 0 Å². The Morgan fingerprint density at radius 3 is 2.92 bits per heavy atom. The first-order valence-corrected chi connectivity index (χ1v) is 3.50. The largest absolute Gasteiger partial charge is 0.391 e. The molecule has 4 nitrogen and oxygen atoms in total. The van der Waals surface area contributed by atoms with Crippen LogP contribution in [0, 0.1) is 0 Å². The van der Waals surface area contributed by atoms with E-state index in [0.717, 1.165) is 0 Å². The van der Waals surface area contributed by atoms with Gasteiger partial charge in [-0.3, -0.25) is 4.98 Å². The van der Waals surface area contributed by atoms with Crippen LogP contribution in [0.5, 0.6) is 0 Å². The van der Waals surface area contributed by atoms with Gasteiger partial charge < -0.3 is 0 Å². The molecule has 4 heteroatoms. The fraction of sp³-hybridized carbons (Fsp3) is 0. The molecule has 0 aromatic carbocycles. The lowest BCUT2D eigenvalue weighted by atomic mass is 10.4. The summed E-state index contributed by atoms with van der Waals surface area (Å²) in [7, 11) is 0. The van der Waals surface area contributed by atoms with Crippen molar-refractivity contribution >= 4 is 12.1 Å². The van der Waals surface area contributed by atoms with Gasteiger partial charge in [-0.15, -0.1) is 0 Å². The molecule has 1 aliphatic heterocycles. The predicted molar refractivity (Wildman–Crippen MR) is 45.9 cm³/mol. The van der Waals surface area contributed by atoms with Crippen molar-refractivity contribution in [3.8, 4) is 0 Å². The van der Waals surface area contributed by atoms with Crippen LogP contribution in [0.4, 0.5) is 0 Å². The van der Waals surface area contributed by atoms with E-state index in [1.807, 2.05) is 0 Å². The van der Waals surface area contributed by atoms with Crippen molar-refractivity contribution in [3.05, 3.63) is 36.6 Å². The van der Waals surface area contributed by atoms with E-state index in [2.05, 4.69) is 20.0 Å². The molecule has 1 aliphatic rings. The molecule has 0 spiro atoms. The molecule has 0 amide bonds. The van der Waals surface area contributed by atoms with E-state index in [0.29, 0.717) is 11.5 Å². The molecule has 0 saturated carbocycles. The zero-order valence-corrected chi connectivity index (χ0v) is 6.25. The van der Waals surface area contributed by atoms with Gasteiger partial charge >= 0.3 is 5.84 Å². The second-order valence-corrected chi connectivity index (χ2v) is 2.16. The Hall–Kier alpha value is -1.84. The van der Waals surface area contributed by atoms with Gasteiger partial charge in [-0.25, -0.2) is 4.98 Å². The monoisotopic (exact) mass is 158 g/mol. The minimum absolute atomic E-state index is 0.602. The number of amidine groups is 1. The van der Waals surface area contributed by atoms with Crippen molar-refractivity contribution in [3.63, 3.8) is 0 Å². The maximum Gasteiger partial charge on any atom is 0.391 e. The Labute approximate surface area is 69.4 Å². The van der Waals surface area contributed by atoms with Crippen molar-refractivity contribution in [2.24, 2.45) is 4.99 Å². The first kappa shape index (κ1) is 6.84. The zero-order chi connectivity index (χ0) is 8.23. The number of aliphatic imine (C=N–C) groups is 2. The normalized spacial score (nSPS) is 14.5. The van der Waals surface area contributed by atoms with Crippen LogP contribution in [0.15, 0.2) is 35.9 Å². The van der Waals surface area contributed by atoms with Crippen molar-refractivity contribution in [2.75, 3.05) is 0 Å². The van der Waals surface area contributed by atoms with Crippen LogP contribution < -0.4 is 4.99 Å². The number of aromatic nitrogens is 2. The van der Waals surface area contributed by atoms with E-state index >= 15 is 0 Å². The van der Waals surface area contributed by atoms with Crippen LogP contribution in [0.2, 0.25) is 0 Å². The summed E-state index contributed by atoms with van der Waals surface area (Å²) in [6.07, 6.45) is 9.99. The van der Waals surface area contributed by atoms with Gasteiger partial charge in [-0.05, 0) is 9.98 Å². The van der Waals surface area contributed by atoms with E-state index in [1.165, 1.54) is 0 Å². The molecule has 1 aromatic rings. The Morgan fingerprint density at radius 2 is 2.25 bits per heavy atom. The average molecular weight is 158 g/mol. The lowest BCUT2D eigenvalue weighted by Crippen LogP contribution is -2.12. The molecule has 0 fully saturated rings. The molecule has 0 N–H and O–H groups in total. The summed E-state index contributed by atoms with van der Waals surface area (Å²) in [5.74, 6) is 0.602. The fourth-order valence-corrected chi connectivity index (χ4v) is 0.846. The second-order valence-electron chi connectivity index (χ2n) is 2.16. The summed E-state index contributed by atoms with van der Waals surface area (Å²) < 4.78 is 0. The molecule has 0 aliphatic carbocycles. The molecule has 12 heavy (non-hydrogen) atoms. The van der Waals surface area contributed by atoms with Gasteiger partial charge in [-0.2, -0.15) is 0 Å². The van der Waals surface area contributed by atoms with Crippen LogP contribution in [0.25, 0.3) is 0 Å². The summed E-state index contributed by atoms with van der Waals surface area (Å²) >= 11 is 0. The summed E-state index contributed by atoms with van der Waals surface area (Å²) in [4.78, 5) is 16.1. The highest BCUT2D eigenvalue weighted by molar-refractivity contribution is 6.02. The van der Waals surface area contributed by atoms with Crippen molar-refractivity contribution in [1.82, 2.24) is 15.0 Å². The number of hydrogen-bond acceptors (Lipinski definition) is 4. The lowest BCUT2D eigenvalue weighted by molar-refractivity contribution is 1.16. The van der Waals surface area contributed by atoms with Gasteiger partial charge in [-0.1, -0.05) is 0 Å². The van der Waals surface area contributed by atoms with Crippen molar-refractivity contribution in [1.29, 1.82) is 0 Å². The number of hydrogen-bond donors (Lipinski definition) is 0. The van der Waals surface area contributed by atoms with E-state index in [-0.39, 0.29) is 0 Å². The smallest absolute Gasteiger partial charge is 0.261 e. The van der Waals surface area contributed by atoms with Crippen molar-refractivity contribution < 1.29 is 0 Å².